The fourth-order valence-electron chi connectivity index (χ4n) is 9.64. The Morgan fingerprint density at radius 3 is 2.27 bits per heavy atom. The average Bonchev–Trinajstić information content (AvgIpc) is 3.29. The number of Topliss-reactive ketones (excluding diaryl/α,β-unsaturated/α-hetero) is 1. The van der Waals surface area contributed by atoms with Crippen LogP contribution < -0.4 is 5.32 Å². The zero-order chi connectivity index (χ0) is 47.4. The van der Waals surface area contributed by atoms with Crippen molar-refractivity contribution in [2.75, 3.05) is 26.4 Å². The lowest BCUT2D eigenvalue weighted by Crippen LogP contribution is -2.73. The number of allylic oxidation sites excluding steroid dienone is 1. The lowest BCUT2D eigenvalue weighted by Gasteiger charge is -2.60. The summed E-state index contributed by atoms with van der Waals surface area (Å²) < 4.78 is 37.1. The second-order valence-electron chi connectivity index (χ2n) is 17.3. The van der Waals surface area contributed by atoms with Gasteiger partial charge in [0, 0.05) is 53.5 Å². The minimum atomic E-state index is -2.36. The van der Waals surface area contributed by atoms with Gasteiger partial charge >= 0.3 is 17.9 Å². The van der Waals surface area contributed by atoms with E-state index in [0.29, 0.717) is 5.56 Å². The van der Waals surface area contributed by atoms with Crippen LogP contribution in [-0.2, 0) is 42.8 Å². The first kappa shape index (κ1) is 47.3. The van der Waals surface area contributed by atoms with Crippen LogP contribution in [0.4, 0.5) is 5.69 Å². The number of carbonyl (C=O) groups excluding carboxylic acids is 5. The van der Waals surface area contributed by atoms with Gasteiger partial charge in [0.15, 0.2) is 17.5 Å². The fourth-order valence-corrected chi connectivity index (χ4v) is 9.64. The summed E-state index contributed by atoms with van der Waals surface area (Å²) in [5.41, 5.74) is 4.48. The first-order valence-electron chi connectivity index (χ1n) is 21.6. The number of aliphatic hydroxyl groups excluding tert-OH is 1. The van der Waals surface area contributed by atoms with E-state index in [9.17, 15) is 29.4 Å². The van der Waals surface area contributed by atoms with Crippen LogP contribution in [0.25, 0.3) is 10.4 Å². The molecule has 17 heteroatoms. The summed E-state index contributed by atoms with van der Waals surface area (Å²) in [5, 5.41) is 31.9. The second-order valence-corrected chi connectivity index (χ2v) is 17.3. The fraction of sp³-hybridized carbons (Fsp3) is 0.408. The van der Waals surface area contributed by atoms with Crippen molar-refractivity contribution in [3.63, 3.8) is 0 Å². The highest BCUT2D eigenvalue weighted by molar-refractivity contribution is 6.09. The number of fused-ring (bicyclic) bond motifs is 5. The second kappa shape index (κ2) is 19.5. The Hall–Kier alpha value is -6.62. The number of hydrogen-bond donors (Lipinski definition) is 3. The van der Waals surface area contributed by atoms with E-state index >= 15 is 4.79 Å². The highest BCUT2D eigenvalue weighted by Gasteiger charge is 2.70. The Balaban J connectivity index is 1.39. The maximum Gasteiger partial charge on any atom is 0.338 e. The third kappa shape index (κ3) is 9.00. The molecule has 66 heavy (non-hydrogen) atoms. The third-order valence-electron chi connectivity index (χ3n) is 13.0. The van der Waals surface area contributed by atoms with Crippen LogP contribution in [0.2, 0.25) is 0 Å². The van der Waals surface area contributed by atoms with Gasteiger partial charge < -0.3 is 44.0 Å². The molecule has 3 N–H and O–H groups in total. The molecule has 346 valence electrons. The van der Waals surface area contributed by atoms with E-state index in [1.54, 1.807) is 101 Å². The molecule has 3 aromatic rings. The highest BCUT2D eigenvalue weighted by atomic mass is 16.6. The Morgan fingerprint density at radius 2 is 1.61 bits per heavy atom. The number of azide groups is 1. The van der Waals surface area contributed by atoms with Crippen molar-refractivity contribution < 1.29 is 62.6 Å². The molecule has 8 atom stereocenters. The summed E-state index contributed by atoms with van der Waals surface area (Å²) in [6, 6.07) is 20.9. The quantitative estimate of drug-likeness (QED) is 0.0510. The first-order chi connectivity index (χ1) is 31.5. The third-order valence-corrected chi connectivity index (χ3v) is 13.0. The van der Waals surface area contributed by atoms with Gasteiger partial charge in [-0.3, -0.25) is 14.4 Å². The summed E-state index contributed by atoms with van der Waals surface area (Å²) in [6.45, 7) is 7.50. The normalized spacial score (nSPS) is 27.3. The minimum absolute atomic E-state index is 0.0284. The maximum atomic E-state index is 15.4. The Bertz CT molecular complexity index is 2520. The van der Waals surface area contributed by atoms with Crippen molar-refractivity contribution in [3.05, 3.63) is 147 Å². The smallest absolute Gasteiger partial charge is 0.338 e. The van der Waals surface area contributed by atoms with E-state index in [2.05, 4.69) is 15.3 Å². The lowest BCUT2D eigenvalue weighted by molar-refractivity contribution is -0.296. The summed E-state index contributed by atoms with van der Waals surface area (Å²) in [5.74, 6) is -5.75. The van der Waals surface area contributed by atoms with Gasteiger partial charge in [-0.25, -0.2) is 9.59 Å². The van der Waals surface area contributed by atoms with E-state index in [4.69, 9.17) is 34.0 Å². The average molecular weight is 905 g/mol. The number of nitrogens with zero attached hydrogens (tertiary/aromatic N) is 3. The molecule has 2 aliphatic carbocycles. The van der Waals surface area contributed by atoms with Gasteiger partial charge in [-0.15, -0.1) is 0 Å². The van der Waals surface area contributed by atoms with E-state index in [1.807, 2.05) is 0 Å². The molecule has 0 spiro atoms. The van der Waals surface area contributed by atoms with Crippen molar-refractivity contribution in [2.24, 2.45) is 16.4 Å². The first-order valence-corrected chi connectivity index (χ1v) is 21.6. The van der Waals surface area contributed by atoms with Gasteiger partial charge in [0.25, 0.3) is 5.91 Å². The van der Waals surface area contributed by atoms with Crippen LogP contribution in [-0.4, -0.2) is 102 Å². The monoisotopic (exact) mass is 904 g/mol. The summed E-state index contributed by atoms with van der Waals surface area (Å²) in [4.78, 5) is 73.8. The zero-order valence-electron chi connectivity index (χ0n) is 37.2. The van der Waals surface area contributed by atoms with Crippen LogP contribution in [0.15, 0.2) is 125 Å². The molecule has 0 saturated carbocycles. The van der Waals surface area contributed by atoms with E-state index in [0.717, 1.165) is 0 Å². The topological polar surface area (TPSA) is 242 Å². The molecule has 17 nitrogen and oxygen atoms in total. The molecule has 4 bridgehead atoms. The molecule has 2 heterocycles. The summed E-state index contributed by atoms with van der Waals surface area (Å²) >= 11 is 0. The van der Waals surface area contributed by atoms with Crippen molar-refractivity contribution in [1.29, 1.82) is 0 Å². The molecule has 1 amide bonds. The standard InChI is InChI=1S/C49H52N4O13/c1-28-35(64-46(59)41(56)39(31-15-8-6-9-16-31)51-44(57)32-17-10-7-11-18-32)26-49(60)43(65-45(58)33-19-14-20-34(25-33)52-53-50)38-29(2)42(40(55)37(28)47(49,4)5)62-23-13-12-22-61-24-21-36-48(38,27-63-36)66-30(3)54/h6-20,25,35-36,38-39,41,43,56,60H,21-24,26-27H2,1-5H3,(H,51,57)/b13-12+,42-29?/t35-,36+,38+,39-,41+,43-,48-,49+/m0/s1. The van der Waals surface area contributed by atoms with Crippen LogP contribution in [0.3, 0.4) is 0 Å². The van der Waals surface area contributed by atoms with Crippen molar-refractivity contribution in [2.45, 2.75) is 89.1 Å². The number of ether oxygens (including phenoxy) is 6. The Morgan fingerprint density at radius 1 is 0.924 bits per heavy atom. The summed E-state index contributed by atoms with van der Waals surface area (Å²) in [7, 11) is 0. The van der Waals surface area contributed by atoms with Crippen molar-refractivity contribution in [3.8, 4) is 0 Å². The highest BCUT2D eigenvalue weighted by Crippen LogP contribution is 2.58. The minimum Gasteiger partial charge on any atom is -0.485 e. The molecule has 0 radical (unpaired) electrons. The predicted octanol–water partition coefficient (Wildman–Crippen LogP) is 6.24. The zero-order valence-corrected chi connectivity index (χ0v) is 37.2. The Labute approximate surface area is 381 Å². The van der Waals surface area contributed by atoms with Crippen LogP contribution in [0, 0.1) is 11.3 Å². The van der Waals surface area contributed by atoms with Crippen LogP contribution in [0.5, 0.6) is 0 Å². The van der Waals surface area contributed by atoms with Gasteiger partial charge in [0.05, 0.1) is 30.7 Å². The maximum absolute atomic E-state index is 15.4. The SMILES string of the molecule is CC(=O)O[C@@]12CO[C@@H]1CCOC/C=C/COC1=C(C)[C@@H]2[C@H](OC(=O)c2cccc(N=[N+]=[N-])c2)[C@]2(O)C[C@H](OC(=O)[C@H](O)[C@@H](NC(=O)c3ccccc3)c3ccccc3)C(C)=C(C1=O)C2(C)C. The van der Waals surface area contributed by atoms with Gasteiger partial charge in [-0.05, 0) is 66.4 Å². The molecule has 7 rings (SSSR count). The van der Waals surface area contributed by atoms with Gasteiger partial charge in [-0.1, -0.05) is 85.7 Å². The van der Waals surface area contributed by atoms with E-state index < -0.39 is 89.0 Å². The number of carbonyl (C=O) groups is 5. The number of rotatable bonds is 10. The lowest BCUT2D eigenvalue weighted by atomic mass is 9.53. The van der Waals surface area contributed by atoms with Crippen LogP contribution in [0.1, 0.15) is 79.8 Å². The molecule has 1 fully saturated rings. The predicted molar refractivity (Wildman–Crippen MR) is 235 cm³/mol. The molecule has 4 aliphatic rings. The van der Waals surface area contributed by atoms with E-state index in [-0.39, 0.29) is 72.1 Å². The number of amides is 1. The molecular formula is C49H52N4O13. The molecule has 3 aromatic carbocycles. The van der Waals surface area contributed by atoms with Crippen molar-refractivity contribution in [1.82, 2.24) is 5.32 Å². The molecule has 0 unspecified atom stereocenters. The number of nitrogens with one attached hydrogen (secondary N) is 1. The number of ketones is 1. The number of hydrogen-bond acceptors (Lipinski definition) is 14. The molecular weight excluding hydrogens is 853 g/mol. The Kier molecular flexibility index (Phi) is 14.0. The molecule has 0 aromatic heterocycles. The van der Waals surface area contributed by atoms with Gasteiger partial charge in [-0.2, -0.15) is 0 Å². The number of esters is 3. The molecule has 2 aliphatic heterocycles. The number of benzene rings is 3. The van der Waals surface area contributed by atoms with Gasteiger partial charge in [0.1, 0.15) is 30.5 Å². The summed E-state index contributed by atoms with van der Waals surface area (Å²) in [6.07, 6.45) is -3.09. The molecule has 1 saturated heterocycles. The number of aliphatic hydroxyl groups is 2. The van der Waals surface area contributed by atoms with Crippen molar-refractivity contribution >= 4 is 35.3 Å². The van der Waals surface area contributed by atoms with Gasteiger partial charge in [0.2, 0.25) is 5.78 Å². The van der Waals surface area contributed by atoms with E-state index in [1.165, 1.54) is 31.2 Å². The van der Waals surface area contributed by atoms with Crippen LogP contribution >= 0.6 is 0 Å². The largest absolute Gasteiger partial charge is 0.485 e.